The van der Waals surface area contributed by atoms with E-state index in [0.717, 1.165) is 25.9 Å². The highest BCUT2D eigenvalue weighted by Gasteiger charge is 2.10. The molecule has 0 atom stereocenters. The van der Waals surface area contributed by atoms with Crippen LogP contribution in [0, 0.1) is 6.92 Å². The molecule has 110 valence electrons. The van der Waals surface area contributed by atoms with Gasteiger partial charge in [0.05, 0.1) is 12.2 Å². The van der Waals surface area contributed by atoms with Crippen LogP contribution in [0.3, 0.4) is 0 Å². The first kappa shape index (κ1) is 16.0. The molecule has 2 rings (SSSR count). The highest BCUT2D eigenvalue weighted by atomic mass is 79.9. The molecule has 0 aliphatic rings. The number of anilines is 1. The number of carbonyl (C=O) groups is 1. The zero-order valence-electron chi connectivity index (χ0n) is 11.7. The summed E-state index contributed by atoms with van der Waals surface area (Å²) in [6.07, 6.45) is 1.76. The van der Waals surface area contributed by atoms with Crippen molar-refractivity contribution in [2.45, 2.75) is 13.5 Å². The number of hydrogen-bond acceptors (Lipinski definition) is 3. The van der Waals surface area contributed by atoms with Gasteiger partial charge < -0.3 is 10.6 Å². The van der Waals surface area contributed by atoms with Crippen LogP contribution in [-0.4, -0.2) is 17.9 Å². The Morgan fingerprint density at radius 2 is 2.10 bits per heavy atom. The van der Waals surface area contributed by atoms with Gasteiger partial charge in [0, 0.05) is 33.4 Å². The Morgan fingerprint density at radius 3 is 2.76 bits per heavy atom. The molecule has 0 spiro atoms. The second kappa shape index (κ2) is 7.04. The molecule has 0 saturated heterocycles. The fourth-order valence-corrected chi connectivity index (χ4v) is 3.09. The number of benzene rings is 1. The number of aromatic nitrogens is 1. The Labute approximate surface area is 140 Å². The molecule has 0 bridgehead atoms. The van der Waals surface area contributed by atoms with Crippen molar-refractivity contribution in [1.29, 1.82) is 0 Å². The quantitative estimate of drug-likeness (QED) is 0.800. The number of halogens is 2. The van der Waals surface area contributed by atoms with E-state index in [1.54, 1.807) is 13.2 Å². The Kier molecular flexibility index (Phi) is 5.36. The van der Waals surface area contributed by atoms with Crippen molar-refractivity contribution in [2.75, 3.05) is 12.4 Å². The summed E-state index contributed by atoms with van der Waals surface area (Å²) in [4.78, 5) is 16.1. The molecule has 1 aromatic carbocycles. The SMILES string of the molecule is CNC(=O)c1cccc(NCc2ncc(Br)cc2Br)c1C. The van der Waals surface area contributed by atoms with Crippen molar-refractivity contribution in [3.05, 3.63) is 56.2 Å². The van der Waals surface area contributed by atoms with E-state index in [0.29, 0.717) is 12.1 Å². The number of hydrogen-bond donors (Lipinski definition) is 2. The van der Waals surface area contributed by atoms with Crippen LogP contribution in [0.25, 0.3) is 0 Å². The zero-order valence-corrected chi connectivity index (χ0v) is 14.9. The average Bonchev–Trinajstić information content (AvgIpc) is 2.47. The highest BCUT2D eigenvalue weighted by Crippen LogP contribution is 2.23. The molecule has 2 N–H and O–H groups in total. The maximum absolute atomic E-state index is 11.8. The van der Waals surface area contributed by atoms with E-state index in [-0.39, 0.29) is 5.91 Å². The van der Waals surface area contributed by atoms with Crippen LogP contribution < -0.4 is 10.6 Å². The van der Waals surface area contributed by atoms with E-state index < -0.39 is 0 Å². The summed E-state index contributed by atoms with van der Waals surface area (Å²) in [7, 11) is 1.63. The molecule has 6 heteroatoms. The van der Waals surface area contributed by atoms with Gasteiger partial charge in [-0.15, -0.1) is 0 Å². The van der Waals surface area contributed by atoms with Gasteiger partial charge in [-0.25, -0.2) is 0 Å². The predicted octanol–water partition coefficient (Wildman–Crippen LogP) is 3.89. The number of pyridine rings is 1. The summed E-state index contributed by atoms with van der Waals surface area (Å²) < 4.78 is 1.86. The van der Waals surface area contributed by atoms with Gasteiger partial charge in [0.25, 0.3) is 5.91 Å². The van der Waals surface area contributed by atoms with Crippen molar-refractivity contribution in [3.63, 3.8) is 0 Å². The molecule has 0 fully saturated rings. The number of rotatable bonds is 4. The number of nitrogens with one attached hydrogen (secondary N) is 2. The first-order valence-corrected chi connectivity index (χ1v) is 7.97. The molecule has 1 heterocycles. The van der Waals surface area contributed by atoms with Gasteiger partial charge in [0.15, 0.2) is 0 Å². The Balaban J connectivity index is 2.18. The summed E-state index contributed by atoms with van der Waals surface area (Å²) >= 11 is 6.87. The molecule has 4 nitrogen and oxygen atoms in total. The van der Waals surface area contributed by atoms with E-state index in [1.165, 1.54) is 0 Å². The molecular formula is C15H15Br2N3O. The minimum Gasteiger partial charge on any atom is -0.379 e. The monoisotopic (exact) mass is 411 g/mol. The van der Waals surface area contributed by atoms with Crippen molar-refractivity contribution >= 4 is 43.5 Å². The molecule has 0 aliphatic heterocycles. The van der Waals surface area contributed by atoms with Gasteiger partial charge in [0.2, 0.25) is 0 Å². The zero-order chi connectivity index (χ0) is 15.4. The normalized spacial score (nSPS) is 10.3. The summed E-state index contributed by atoms with van der Waals surface area (Å²) in [5.74, 6) is -0.0842. The van der Waals surface area contributed by atoms with Crippen LogP contribution in [0.2, 0.25) is 0 Å². The van der Waals surface area contributed by atoms with Crippen molar-refractivity contribution in [2.24, 2.45) is 0 Å². The third-order valence-corrected chi connectivity index (χ3v) is 4.26. The van der Waals surface area contributed by atoms with Crippen molar-refractivity contribution in [1.82, 2.24) is 10.3 Å². The van der Waals surface area contributed by atoms with Gasteiger partial charge in [-0.1, -0.05) is 6.07 Å². The largest absolute Gasteiger partial charge is 0.379 e. The minimum absolute atomic E-state index is 0.0842. The van der Waals surface area contributed by atoms with E-state index in [9.17, 15) is 4.79 Å². The van der Waals surface area contributed by atoms with Gasteiger partial charge in [-0.2, -0.15) is 0 Å². The molecule has 0 aliphatic carbocycles. The third-order valence-electron chi connectivity index (χ3n) is 3.14. The van der Waals surface area contributed by atoms with Crippen LogP contribution in [-0.2, 0) is 6.54 Å². The highest BCUT2D eigenvalue weighted by molar-refractivity contribution is 9.11. The lowest BCUT2D eigenvalue weighted by Crippen LogP contribution is -2.19. The molecule has 2 aromatic rings. The first-order chi connectivity index (χ1) is 10.0. The maximum Gasteiger partial charge on any atom is 0.251 e. The molecule has 21 heavy (non-hydrogen) atoms. The summed E-state index contributed by atoms with van der Waals surface area (Å²) in [5, 5.41) is 5.97. The summed E-state index contributed by atoms with van der Waals surface area (Å²) in [6, 6.07) is 7.59. The fourth-order valence-electron chi connectivity index (χ4n) is 1.96. The molecular weight excluding hydrogens is 398 g/mol. The van der Waals surface area contributed by atoms with Gasteiger partial charge in [-0.3, -0.25) is 9.78 Å². The molecule has 0 radical (unpaired) electrons. The van der Waals surface area contributed by atoms with Gasteiger partial charge in [-0.05, 0) is 62.5 Å². The minimum atomic E-state index is -0.0842. The van der Waals surface area contributed by atoms with Crippen LogP contribution in [0.1, 0.15) is 21.6 Å². The Morgan fingerprint density at radius 1 is 1.33 bits per heavy atom. The van der Waals surface area contributed by atoms with Crippen molar-refractivity contribution in [3.8, 4) is 0 Å². The maximum atomic E-state index is 11.8. The van der Waals surface area contributed by atoms with E-state index in [1.807, 2.05) is 31.2 Å². The fraction of sp³-hybridized carbons (Fsp3) is 0.200. The molecule has 0 unspecified atom stereocenters. The predicted molar refractivity (Wildman–Crippen MR) is 91.5 cm³/mol. The van der Waals surface area contributed by atoms with Crippen LogP contribution in [0.5, 0.6) is 0 Å². The van der Waals surface area contributed by atoms with Crippen LogP contribution >= 0.6 is 31.9 Å². The lowest BCUT2D eigenvalue weighted by Gasteiger charge is -2.13. The second-order valence-corrected chi connectivity index (χ2v) is 6.26. The molecule has 1 amide bonds. The lowest BCUT2D eigenvalue weighted by atomic mass is 10.1. The van der Waals surface area contributed by atoms with Crippen LogP contribution in [0.4, 0.5) is 5.69 Å². The Hall–Kier alpha value is -1.40. The topological polar surface area (TPSA) is 54.0 Å². The van der Waals surface area contributed by atoms with E-state index in [2.05, 4.69) is 47.5 Å². The second-order valence-electron chi connectivity index (χ2n) is 4.49. The van der Waals surface area contributed by atoms with E-state index in [4.69, 9.17) is 0 Å². The molecule has 1 aromatic heterocycles. The summed E-state index contributed by atoms with van der Waals surface area (Å²) in [5.41, 5.74) is 3.42. The number of amides is 1. The van der Waals surface area contributed by atoms with Gasteiger partial charge in [0.1, 0.15) is 0 Å². The third kappa shape index (κ3) is 3.83. The number of carbonyl (C=O) groups excluding carboxylic acids is 1. The smallest absolute Gasteiger partial charge is 0.251 e. The standard InChI is InChI=1S/C15H15Br2N3O/c1-9-11(15(21)18-2)4-3-5-13(9)20-8-14-12(17)6-10(16)7-19-14/h3-7,20H,8H2,1-2H3,(H,18,21). The van der Waals surface area contributed by atoms with Crippen LogP contribution in [0.15, 0.2) is 39.4 Å². The Bertz CT molecular complexity index is 674. The average molecular weight is 413 g/mol. The lowest BCUT2D eigenvalue weighted by molar-refractivity contribution is 0.0962. The van der Waals surface area contributed by atoms with Crippen molar-refractivity contribution < 1.29 is 4.79 Å². The first-order valence-electron chi connectivity index (χ1n) is 6.38. The van der Waals surface area contributed by atoms with E-state index >= 15 is 0 Å². The molecule has 0 saturated carbocycles. The number of nitrogens with zero attached hydrogens (tertiary/aromatic N) is 1. The summed E-state index contributed by atoms with van der Waals surface area (Å²) in [6.45, 7) is 2.50. The van der Waals surface area contributed by atoms with Gasteiger partial charge >= 0.3 is 0 Å².